The Kier molecular flexibility index (Phi) is 8.55. The molecule has 0 amide bonds. The molecule has 4 heteroatoms. The van der Waals surface area contributed by atoms with E-state index >= 15 is 0 Å². The van der Waals surface area contributed by atoms with E-state index in [2.05, 4.69) is 46.9 Å². The topological polar surface area (TPSA) is 38.7 Å². The summed E-state index contributed by atoms with van der Waals surface area (Å²) in [6.45, 7) is 16.9. The number of hydrogen-bond donors (Lipinski definition) is 1. The Morgan fingerprint density at radius 3 is 2.32 bits per heavy atom. The molecule has 0 aliphatic rings. The molecule has 0 saturated heterocycles. The average Bonchev–Trinajstić information content (AvgIpc) is 2.53. The molecular weight excluding hydrogens is 328 g/mol. The largest absolute Gasteiger partial charge is 0.416 e. The lowest BCUT2D eigenvalue weighted by atomic mass is 10.1. The molecule has 142 valence electrons. The summed E-state index contributed by atoms with van der Waals surface area (Å²) >= 11 is 0. The third-order valence-electron chi connectivity index (χ3n) is 4.97. The van der Waals surface area contributed by atoms with Crippen molar-refractivity contribution in [3.8, 4) is 0 Å². The van der Waals surface area contributed by atoms with Gasteiger partial charge in [0, 0.05) is 6.61 Å². The first kappa shape index (κ1) is 22.1. The highest BCUT2D eigenvalue weighted by Gasteiger charge is 2.37. The van der Waals surface area contributed by atoms with E-state index < -0.39 is 14.4 Å². The first-order chi connectivity index (χ1) is 11.5. The lowest BCUT2D eigenvalue weighted by molar-refractivity contribution is 0.0450. The molecule has 0 spiro atoms. The molecule has 0 aromatic heterocycles. The minimum Gasteiger partial charge on any atom is -0.416 e. The van der Waals surface area contributed by atoms with Crippen LogP contribution in [0.1, 0.15) is 40.2 Å². The number of hydrogen-bond acceptors (Lipinski definition) is 3. The van der Waals surface area contributed by atoms with Gasteiger partial charge in [0.1, 0.15) is 0 Å². The normalized spacial score (nSPS) is 15.9. The zero-order valence-corrected chi connectivity index (χ0v) is 18.0. The maximum atomic E-state index is 10.3. The molecule has 1 N–H and O–H groups in total. The van der Waals surface area contributed by atoms with Gasteiger partial charge in [0.2, 0.25) is 0 Å². The summed E-state index contributed by atoms with van der Waals surface area (Å²) in [5, 5.41) is 10.5. The van der Waals surface area contributed by atoms with Gasteiger partial charge < -0.3 is 14.3 Å². The van der Waals surface area contributed by atoms with Crippen LogP contribution in [0.25, 0.3) is 0 Å². The van der Waals surface area contributed by atoms with Gasteiger partial charge in [-0.1, -0.05) is 64.1 Å². The van der Waals surface area contributed by atoms with Crippen molar-refractivity contribution in [3.63, 3.8) is 0 Å². The highest BCUT2D eigenvalue weighted by Crippen LogP contribution is 2.36. The van der Waals surface area contributed by atoms with Crippen LogP contribution >= 0.6 is 0 Å². The van der Waals surface area contributed by atoms with Crippen molar-refractivity contribution in [1.82, 2.24) is 0 Å². The molecule has 3 nitrogen and oxygen atoms in total. The summed E-state index contributed by atoms with van der Waals surface area (Å²) in [4.78, 5) is 0. The Morgan fingerprint density at radius 1 is 1.16 bits per heavy atom. The van der Waals surface area contributed by atoms with E-state index in [1.54, 1.807) is 0 Å². The Hall–Kier alpha value is -0.943. The van der Waals surface area contributed by atoms with Crippen molar-refractivity contribution in [2.24, 2.45) is 5.92 Å². The molecular formula is C21H36O3Si. The van der Waals surface area contributed by atoms with Crippen LogP contribution in [0.5, 0.6) is 0 Å². The lowest BCUT2D eigenvalue weighted by Gasteiger charge is -2.36. The molecule has 1 aromatic carbocycles. The van der Waals surface area contributed by atoms with Crippen molar-refractivity contribution < 1.29 is 14.3 Å². The SMILES string of the molecule is CC(=CC(C)CO[Si](C)(C)C(C)(C)C)C(O)COCc1ccccc1. The van der Waals surface area contributed by atoms with Crippen LogP contribution in [0, 0.1) is 5.92 Å². The van der Waals surface area contributed by atoms with Crippen molar-refractivity contribution in [1.29, 1.82) is 0 Å². The molecule has 0 aliphatic heterocycles. The van der Waals surface area contributed by atoms with Gasteiger partial charge in [0.25, 0.3) is 0 Å². The van der Waals surface area contributed by atoms with E-state index in [0.717, 1.165) is 11.1 Å². The van der Waals surface area contributed by atoms with Crippen molar-refractivity contribution in [2.45, 2.75) is 65.5 Å². The molecule has 0 saturated carbocycles. The minimum absolute atomic E-state index is 0.219. The number of aliphatic hydroxyl groups excluding tert-OH is 1. The summed E-state index contributed by atoms with van der Waals surface area (Å²) in [6, 6.07) is 10.0. The van der Waals surface area contributed by atoms with Gasteiger partial charge in [0.15, 0.2) is 8.32 Å². The second-order valence-corrected chi connectivity index (χ2v) is 13.3. The van der Waals surface area contributed by atoms with Crippen molar-refractivity contribution in [3.05, 3.63) is 47.5 Å². The molecule has 1 rings (SSSR count). The van der Waals surface area contributed by atoms with Crippen LogP contribution in [-0.4, -0.2) is 32.7 Å². The standard InChI is InChI=1S/C21H36O3Si/c1-17(14-24-25(6,7)21(3,4)5)13-18(2)20(22)16-23-15-19-11-9-8-10-12-19/h8-13,17,20,22H,14-16H2,1-7H3. The van der Waals surface area contributed by atoms with E-state index in [1.165, 1.54) is 0 Å². The fraction of sp³-hybridized carbons (Fsp3) is 0.619. The Balaban J connectivity index is 2.42. The van der Waals surface area contributed by atoms with Gasteiger partial charge in [-0.3, -0.25) is 0 Å². The Morgan fingerprint density at radius 2 is 1.76 bits per heavy atom. The molecule has 0 fully saturated rings. The van der Waals surface area contributed by atoms with Gasteiger partial charge in [-0.15, -0.1) is 0 Å². The molecule has 25 heavy (non-hydrogen) atoms. The predicted molar refractivity (Wildman–Crippen MR) is 108 cm³/mol. The number of aliphatic hydroxyl groups is 1. The summed E-state index contributed by atoms with van der Waals surface area (Å²) in [7, 11) is -1.72. The number of benzene rings is 1. The molecule has 0 bridgehead atoms. The number of rotatable bonds is 9. The van der Waals surface area contributed by atoms with E-state index in [-0.39, 0.29) is 11.0 Å². The molecule has 0 aliphatic carbocycles. The lowest BCUT2D eigenvalue weighted by Crippen LogP contribution is -2.41. The number of ether oxygens (including phenoxy) is 1. The smallest absolute Gasteiger partial charge is 0.192 e. The third kappa shape index (κ3) is 7.86. The monoisotopic (exact) mass is 364 g/mol. The molecule has 1 aromatic rings. The average molecular weight is 365 g/mol. The first-order valence-electron chi connectivity index (χ1n) is 9.15. The quantitative estimate of drug-likeness (QED) is 0.485. The highest BCUT2D eigenvalue weighted by atomic mass is 28.4. The maximum Gasteiger partial charge on any atom is 0.192 e. The van der Waals surface area contributed by atoms with E-state index in [0.29, 0.717) is 19.8 Å². The Bertz CT molecular complexity index is 532. The van der Waals surface area contributed by atoms with Gasteiger partial charge in [-0.25, -0.2) is 0 Å². The van der Waals surface area contributed by atoms with E-state index in [9.17, 15) is 5.11 Å². The first-order valence-corrected chi connectivity index (χ1v) is 12.1. The minimum atomic E-state index is -1.72. The summed E-state index contributed by atoms with van der Waals surface area (Å²) in [5.74, 6) is 0.276. The van der Waals surface area contributed by atoms with Crippen LogP contribution < -0.4 is 0 Å². The van der Waals surface area contributed by atoms with Crippen LogP contribution in [0.3, 0.4) is 0 Å². The molecule has 0 heterocycles. The molecule has 2 atom stereocenters. The van der Waals surface area contributed by atoms with Gasteiger partial charge in [-0.05, 0) is 42.1 Å². The van der Waals surface area contributed by atoms with Crippen LogP contribution in [0.15, 0.2) is 42.0 Å². The van der Waals surface area contributed by atoms with Crippen LogP contribution in [0.2, 0.25) is 18.1 Å². The molecule has 2 unspecified atom stereocenters. The van der Waals surface area contributed by atoms with E-state index in [4.69, 9.17) is 9.16 Å². The predicted octanol–water partition coefficient (Wildman–Crippen LogP) is 5.17. The van der Waals surface area contributed by atoms with Crippen LogP contribution in [0.4, 0.5) is 0 Å². The fourth-order valence-corrected chi connectivity index (χ4v) is 3.27. The third-order valence-corrected chi connectivity index (χ3v) is 9.47. The summed E-state index contributed by atoms with van der Waals surface area (Å²) in [6.07, 6.45) is 1.53. The fourth-order valence-electron chi connectivity index (χ4n) is 2.16. The zero-order valence-electron chi connectivity index (χ0n) is 17.0. The van der Waals surface area contributed by atoms with Gasteiger partial charge in [-0.2, -0.15) is 0 Å². The second-order valence-electron chi connectivity index (χ2n) is 8.48. The van der Waals surface area contributed by atoms with Gasteiger partial charge >= 0.3 is 0 Å². The maximum absolute atomic E-state index is 10.3. The Labute approximate surface area is 155 Å². The molecule has 0 radical (unpaired) electrons. The second kappa shape index (κ2) is 9.67. The van der Waals surface area contributed by atoms with E-state index in [1.807, 2.05) is 37.3 Å². The van der Waals surface area contributed by atoms with Crippen molar-refractivity contribution in [2.75, 3.05) is 13.2 Å². The van der Waals surface area contributed by atoms with Gasteiger partial charge in [0.05, 0.1) is 19.3 Å². The highest BCUT2D eigenvalue weighted by molar-refractivity contribution is 6.74. The van der Waals surface area contributed by atoms with Crippen molar-refractivity contribution >= 4 is 8.32 Å². The zero-order chi connectivity index (χ0) is 19.1. The summed E-state index contributed by atoms with van der Waals surface area (Å²) < 4.78 is 11.9. The summed E-state index contributed by atoms with van der Waals surface area (Å²) in [5.41, 5.74) is 2.06. The van der Waals surface area contributed by atoms with Crippen LogP contribution in [-0.2, 0) is 15.8 Å².